The van der Waals surface area contributed by atoms with E-state index in [-0.39, 0.29) is 5.71 Å². The van der Waals surface area contributed by atoms with Crippen molar-refractivity contribution in [2.24, 2.45) is 4.99 Å². The van der Waals surface area contributed by atoms with Gasteiger partial charge >= 0.3 is 0 Å². The molecule has 1 unspecified atom stereocenters. The number of nitrogens with one attached hydrogen (secondary N) is 1. The minimum atomic E-state index is -0.477. The fraction of sp³-hybridized carbons (Fsp3) is 0.400. The second-order valence-electron chi connectivity index (χ2n) is 1.58. The van der Waals surface area contributed by atoms with Crippen LogP contribution < -0.4 is 5.32 Å². The Kier molecular flexibility index (Phi) is 1.44. The standard InChI is InChI=1S/C5H4N4/c6-1-4-5(2-7)9-3-8-4/h4,8H,3H2. The molecule has 1 N–H and O–H groups in total. The van der Waals surface area contributed by atoms with E-state index < -0.39 is 6.04 Å². The van der Waals surface area contributed by atoms with E-state index in [9.17, 15) is 0 Å². The third-order valence-electron chi connectivity index (χ3n) is 1.06. The molecule has 4 heteroatoms. The van der Waals surface area contributed by atoms with Gasteiger partial charge in [-0.15, -0.1) is 0 Å². The van der Waals surface area contributed by atoms with Crippen molar-refractivity contribution < 1.29 is 0 Å². The van der Waals surface area contributed by atoms with E-state index in [0.29, 0.717) is 6.67 Å². The highest BCUT2D eigenvalue weighted by atomic mass is 15.1. The minimum absolute atomic E-state index is 0.289. The van der Waals surface area contributed by atoms with E-state index in [1.807, 2.05) is 12.1 Å². The second kappa shape index (κ2) is 2.25. The van der Waals surface area contributed by atoms with Gasteiger partial charge in [-0.25, -0.2) is 0 Å². The van der Waals surface area contributed by atoms with E-state index in [1.165, 1.54) is 0 Å². The zero-order chi connectivity index (χ0) is 6.69. The zero-order valence-corrected chi connectivity index (χ0v) is 4.63. The third kappa shape index (κ3) is 0.883. The number of aliphatic imine (C=N–C) groups is 1. The summed E-state index contributed by atoms with van der Waals surface area (Å²) < 4.78 is 0. The number of rotatable bonds is 0. The maximum Gasteiger partial charge on any atom is 0.149 e. The van der Waals surface area contributed by atoms with Crippen molar-refractivity contribution >= 4 is 5.71 Å². The van der Waals surface area contributed by atoms with Crippen molar-refractivity contribution in [3.05, 3.63) is 0 Å². The quantitative estimate of drug-likeness (QED) is 0.464. The van der Waals surface area contributed by atoms with E-state index in [1.54, 1.807) is 0 Å². The zero-order valence-electron chi connectivity index (χ0n) is 4.63. The summed E-state index contributed by atoms with van der Waals surface area (Å²) in [5.41, 5.74) is 0.289. The maximum absolute atomic E-state index is 8.32. The molecule has 0 spiro atoms. The van der Waals surface area contributed by atoms with Crippen LogP contribution in [0.5, 0.6) is 0 Å². The summed E-state index contributed by atoms with van der Waals surface area (Å²) in [4.78, 5) is 3.73. The SMILES string of the molecule is N#CC1=NCNC1C#N. The summed E-state index contributed by atoms with van der Waals surface area (Å²) in [6.45, 7) is 0.390. The summed E-state index contributed by atoms with van der Waals surface area (Å²) >= 11 is 0. The minimum Gasteiger partial charge on any atom is -0.277 e. The van der Waals surface area contributed by atoms with Crippen molar-refractivity contribution in [3.63, 3.8) is 0 Å². The Morgan fingerprint density at radius 2 is 2.44 bits per heavy atom. The topological polar surface area (TPSA) is 72.0 Å². The third-order valence-corrected chi connectivity index (χ3v) is 1.06. The van der Waals surface area contributed by atoms with Crippen LogP contribution in [0.2, 0.25) is 0 Å². The van der Waals surface area contributed by atoms with Gasteiger partial charge in [0.2, 0.25) is 0 Å². The van der Waals surface area contributed by atoms with Gasteiger partial charge in [0.1, 0.15) is 17.8 Å². The molecular weight excluding hydrogens is 116 g/mol. The van der Waals surface area contributed by atoms with Crippen molar-refractivity contribution in [3.8, 4) is 12.1 Å². The van der Waals surface area contributed by atoms with Crippen LogP contribution in [0.3, 0.4) is 0 Å². The van der Waals surface area contributed by atoms with Crippen molar-refractivity contribution in [2.75, 3.05) is 6.67 Å². The van der Waals surface area contributed by atoms with Gasteiger partial charge in [0, 0.05) is 0 Å². The lowest BCUT2D eigenvalue weighted by molar-refractivity contribution is 0.779. The Balaban J connectivity index is 2.74. The first-order valence-electron chi connectivity index (χ1n) is 2.46. The Hall–Kier alpha value is -1.39. The number of nitrogens with zero attached hydrogens (tertiary/aromatic N) is 3. The fourth-order valence-corrected chi connectivity index (χ4v) is 0.617. The van der Waals surface area contributed by atoms with Crippen LogP contribution in [0.25, 0.3) is 0 Å². The van der Waals surface area contributed by atoms with Crippen LogP contribution in [0.4, 0.5) is 0 Å². The summed E-state index contributed by atoms with van der Waals surface area (Å²) in [5.74, 6) is 0. The smallest absolute Gasteiger partial charge is 0.149 e. The summed E-state index contributed by atoms with van der Waals surface area (Å²) in [6, 6.07) is 3.25. The highest BCUT2D eigenvalue weighted by molar-refractivity contribution is 6.05. The number of nitriles is 2. The van der Waals surface area contributed by atoms with Gasteiger partial charge in [-0.05, 0) is 0 Å². The van der Waals surface area contributed by atoms with Crippen molar-refractivity contribution in [1.82, 2.24) is 5.32 Å². The van der Waals surface area contributed by atoms with Gasteiger partial charge in [-0.2, -0.15) is 10.5 Å². The lowest BCUT2D eigenvalue weighted by atomic mass is 10.2. The van der Waals surface area contributed by atoms with Gasteiger partial charge in [0.05, 0.1) is 12.7 Å². The Labute approximate surface area is 52.4 Å². The Morgan fingerprint density at radius 1 is 1.67 bits per heavy atom. The van der Waals surface area contributed by atoms with Crippen molar-refractivity contribution in [2.45, 2.75) is 6.04 Å². The van der Waals surface area contributed by atoms with E-state index in [4.69, 9.17) is 10.5 Å². The maximum atomic E-state index is 8.32. The fourth-order valence-electron chi connectivity index (χ4n) is 0.617. The predicted molar refractivity (Wildman–Crippen MR) is 30.5 cm³/mol. The molecule has 1 atom stereocenters. The first-order valence-corrected chi connectivity index (χ1v) is 2.46. The summed E-state index contributed by atoms with van der Waals surface area (Å²) in [6.07, 6.45) is 0. The van der Waals surface area contributed by atoms with Gasteiger partial charge in [-0.1, -0.05) is 0 Å². The summed E-state index contributed by atoms with van der Waals surface area (Å²) in [5, 5.41) is 19.3. The first kappa shape index (κ1) is 5.74. The predicted octanol–water partition coefficient (Wildman–Crippen LogP) is -0.596. The lowest BCUT2D eigenvalue weighted by Gasteiger charge is -1.92. The molecule has 1 heterocycles. The van der Waals surface area contributed by atoms with E-state index in [2.05, 4.69) is 10.3 Å². The molecule has 0 amide bonds. The van der Waals surface area contributed by atoms with Crippen LogP contribution in [-0.4, -0.2) is 18.4 Å². The molecule has 1 rings (SSSR count). The van der Waals surface area contributed by atoms with E-state index >= 15 is 0 Å². The first-order chi connectivity index (χ1) is 4.38. The lowest BCUT2D eigenvalue weighted by Crippen LogP contribution is -2.27. The molecule has 1 aliphatic rings. The van der Waals surface area contributed by atoms with Crippen molar-refractivity contribution in [1.29, 1.82) is 10.5 Å². The van der Waals surface area contributed by atoms with Crippen LogP contribution in [0.1, 0.15) is 0 Å². The van der Waals surface area contributed by atoms with Crippen LogP contribution >= 0.6 is 0 Å². The van der Waals surface area contributed by atoms with Crippen LogP contribution in [0, 0.1) is 22.7 Å². The molecule has 4 nitrogen and oxygen atoms in total. The monoisotopic (exact) mass is 120 g/mol. The second-order valence-corrected chi connectivity index (χ2v) is 1.58. The molecule has 0 aromatic rings. The number of hydrogen-bond acceptors (Lipinski definition) is 4. The molecule has 0 bridgehead atoms. The average molecular weight is 120 g/mol. The number of hydrogen-bond donors (Lipinski definition) is 1. The van der Waals surface area contributed by atoms with Gasteiger partial charge in [0.25, 0.3) is 0 Å². The van der Waals surface area contributed by atoms with Gasteiger partial charge in [0.15, 0.2) is 0 Å². The molecule has 0 saturated heterocycles. The normalized spacial score (nSPS) is 24.2. The van der Waals surface area contributed by atoms with Gasteiger partial charge in [-0.3, -0.25) is 10.3 Å². The molecule has 0 aliphatic carbocycles. The Bertz CT molecular complexity index is 216. The Morgan fingerprint density at radius 3 is 2.89 bits per heavy atom. The van der Waals surface area contributed by atoms with Crippen LogP contribution in [-0.2, 0) is 0 Å². The molecule has 0 saturated carbocycles. The highest BCUT2D eigenvalue weighted by Crippen LogP contribution is 1.93. The largest absolute Gasteiger partial charge is 0.277 e. The van der Waals surface area contributed by atoms with Crippen LogP contribution in [0.15, 0.2) is 4.99 Å². The molecule has 0 aromatic carbocycles. The van der Waals surface area contributed by atoms with Gasteiger partial charge < -0.3 is 0 Å². The molecule has 44 valence electrons. The molecule has 1 aliphatic heterocycles. The average Bonchev–Trinajstić information content (AvgIpc) is 2.33. The molecule has 9 heavy (non-hydrogen) atoms. The van der Waals surface area contributed by atoms with E-state index in [0.717, 1.165) is 0 Å². The molecule has 0 radical (unpaired) electrons. The molecule has 0 aromatic heterocycles. The highest BCUT2D eigenvalue weighted by Gasteiger charge is 2.18. The summed E-state index contributed by atoms with van der Waals surface area (Å²) in [7, 11) is 0. The molecular formula is C5H4N4. The molecule has 0 fully saturated rings.